The zero-order valence-electron chi connectivity index (χ0n) is 10.5. The van der Waals surface area contributed by atoms with Gasteiger partial charge in [-0.2, -0.15) is 0 Å². The highest BCUT2D eigenvalue weighted by atomic mass is 16.3. The van der Waals surface area contributed by atoms with Crippen LogP contribution in [0.4, 0.5) is 0 Å². The average molecular weight is 214 g/mol. The molecule has 1 heterocycles. The SMILES string of the molecule is CC(C)CN1CC(C(C)C)NCC1CO. The van der Waals surface area contributed by atoms with Crippen LogP contribution in [0.3, 0.4) is 0 Å². The third-order valence-corrected chi connectivity index (χ3v) is 3.18. The second-order valence-corrected chi connectivity index (χ2v) is 5.44. The van der Waals surface area contributed by atoms with Crippen molar-refractivity contribution >= 4 is 0 Å². The van der Waals surface area contributed by atoms with E-state index in [2.05, 4.69) is 37.9 Å². The Morgan fingerprint density at radius 1 is 1.33 bits per heavy atom. The van der Waals surface area contributed by atoms with Crippen molar-refractivity contribution in [3.8, 4) is 0 Å². The van der Waals surface area contributed by atoms with Crippen LogP contribution >= 0.6 is 0 Å². The molecule has 0 bridgehead atoms. The van der Waals surface area contributed by atoms with E-state index in [1.807, 2.05) is 0 Å². The Morgan fingerprint density at radius 3 is 2.47 bits per heavy atom. The van der Waals surface area contributed by atoms with E-state index in [9.17, 15) is 5.11 Å². The Bertz CT molecular complexity index is 182. The molecule has 0 aliphatic carbocycles. The van der Waals surface area contributed by atoms with Gasteiger partial charge in [-0.05, 0) is 11.8 Å². The fourth-order valence-corrected chi connectivity index (χ4v) is 2.20. The predicted octanol–water partition coefficient (Wildman–Crippen LogP) is 0.933. The van der Waals surface area contributed by atoms with Crippen molar-refractivity contribution in [3.05, 3.63) is 0 Å². The molecular formula is C12H26N2O. The average Bonchev–Trinajstić information content (AvgIpc) is 2.16. The van der Waals surface area contributed by atoms with E-state index in [0.29, 0.717) is 23.9 Å². The molecule has 2 atom stereocenters. The summed E-state index contributed by atoms with van der Waals surface area (Å²) in [4.78, 5) is 2.44. The summed E-state index contributed by atoms with van der Waals surface area (Å²) in [6.45, 7) is 12.3. The first kappa shape index (κ1) is 12.9. The third-order valence-electron chi connectivity index (χ3n) is 3.18. The molecule has 0 saturated carbocycles. The number of nitrogens with zero attached hydrogens (tertiary/aromatic N) is 1. The van der Waals surface area contributed by atoms with Crippen molar-refractivity contribution < 1.29 is 5.11 Å². The molecule has 2 unspecified atom stereocenters. The fourth-order valence-electron chi connectivity index (χ4n) is 2.20. The number of hydrogen-bond donors (Lipinski definition) is 2. The molecule has 0 aromatic carbocycles. The molecule has 0 aromatic rings. The second-order valence-electron chi connectivity index (χ2n) is 5.44. The number of rotatable bonds is 4. The van der Waals surface area contributed by atoms with E-state index in [4.69, 9.17) is 0 Å². The van der Waals surface area contributed by atoms with E-state index in [1.54, 1.807) is 0 Å². The summed E-state index contributed by atoms with van der Waals surface area (Å²) in [6, 6.07) is 0.883. The van der Waals surface area contributed by atoms with Gasteiger partial charge in [-0.25, -0.2) is 0 Å². The summed E-state index contributed by atoms with van der Waals surface area (Å²) in [5.74, 6) is 1.34. The lowest BCUT2D eigenvalue weighted by atomic mass is 9.98. The van der Waals surface area contributed by atoms with Crippen LogP contribution in [0.25, 0.3) is 0 Å². The maximum absolute atomic E-state index is 9.32. The molecular weight excluding hydrogens is 188 g/mol. The predicted molar refractivity (Wildman–Crippen MR) is 63.9 cm³/mol. The van der Waals surface area contributed by atoms with Crippen LogP contribution in [0.2, 0.25) is 0 Å². The number of hydrogen-bond acceptors (Lipinski definition) is 3. The van der Waals surface area contributed by atoms with Crippen LogP contribution in [0.1, 0.15) is 27.7 Å². The number of aliphatic hydroxyl groups is 1. The van der Waals surface area contributed by atoms with Crippen molar-refractivity contribution in [2.24, 2.45) is 11.8 Å². The van der Waals surface area contributed by atoms with Gasteiger partial charge in [0.25, 0.3) is 0 Å². The Kier molecular flexibility index (Phi) is 5.03. The van der Waals surface area contributed by atoms with Gasteiger partial charge in [0.2, 0.25) is 0 Å². The minimum Gasteiger partial charge on any atom is -0.395 e. The van der Waals surface area contributed by atoms with Crippen LogP contribution in [-0.4, -0.2) is 48.3 Å². The van der Waals surface area contributed by atoms with Gasteiger partial charge in [-0.3, -0.25) is 4.90 Å². The molecule has 1 aliphatic rings. The van der Waals surface area contributed by atoms with E-state index in [1.165, 1.54) is 0 Å². The van der Waals surface area contributed by atoms with Crippen LogP contribution in [-0.2, 0) is 0 Å². The van der Waals surface area contributed by atoms with Gasteiger partial charge in [-0.15, -0.1) is 0 Å². The van der Waals surface area contributed by atoms with Crippen molar-refractivity contribution in [2.45, 2.75) is 39.8 Å². The number of nitrogens with one attached hydrogen (secondary N) is 1. The molecule has 1 saturated heterocycles. The summed E-state index contributed by atoms with van der Waals surface area (Å²) in [5, 5.41) is 12.8. The molecule has 90 valence electrons. The van der Waals surface area contributed by atoms with Gasteiger partial charge < -0.3 is 10.4 Å². The summed E-state index contributed by atoms with van der Waals surface area (Å²) in [6.07, 6.45) is 0. The summed E-state index contributed by atoms with van der Waals surface area (Å²) < 4.78 is 0. The normalized spacial score (nSPS) is 29.0. The highest BCUT2D eigenvalue weighted by Crippen LogP contribution is 2.14. The quantitative estimate of drug-likeness (QED) is 0.731. The second kappa shape index (κ2) is 5.83. The maximum Gasteiger partial charge on any atom is 0.0599 e. The van der Waals surface area contributed by atoms with E-state index >= 15 is 0 Å². The van der Waals surface area contributed by atoms with Gasteiger partial charge in [0.05, 0.1) is 6.61 Å². The molecule has 0 amide bonds. The van der Waals surface area contributed by atoms with Gasteiger partial charge in [0, 0.05) is 31.7 Å². The van der Waals surface area contributed by atoms with Crippen LogP contribution in [0.15, 0.2) is 0 Å². The van der Waals surface area contributed by atoms with Crippen molar-refractivity contribution in [1.29, 1.82) is 0 Å². The highest BCUT2D eigenvalue weighted by molar-refractivity contribution is 4.87. The lowest BCUT2D eigenvalue weighted by Gasteiger charge is -2.41. The minimum absolute atomic E-state index is 0.268. The van der Waals surface area contributed by atoms with Crippen molar-refractivity contribution in [1.82, 2.24) is 10.2 Å². The first-order valence-electron chi connectivity index (χ1n) is 6.12. The van der Waals surface area contributed by atoms with Gasteiger partial charge in [-0.1, -0.05) is 27.7 Å². The fraction of sp³-hybridized carbons (Fsp3) is 1.00. The summed E-state index contributed by atoms with van der Waals surface area (Å²) >= 11 is 0. The minimum atomic E-state index is 0.268. The molecule has 1 fully saturated rings. The van der Waals surface area contributed by atoms with Crippen LogP contribution < -0.4 is 5.32 Å². The Hall–Kier alpha value is -0.120. The van der Waals surface area contributed by atoms with E-state index in [0.717, 1.165) is 19.6 Å². The van der Waals surface area contributed by atoms with Gasteiger partial charge in [0.15, 0.2) is 0 Å². The van der Waals surface area contributed by atoms with Crippen molar-refractivity contribution in [2.75, 3.05) is 26.2 Å². The Balaban J connectivity index is 2.53. The zero-order chi connectivity index (χ0) is 11.4. The van der Waals surface area contributed by atoms with Gasteiger partial charge in [0.1, 0.15) is 0 Å². The largest absolute Gasteiger partial charge is 0.395 e. The molecule has 0 spiro atoms. The first-order valence-corrected chi connectivity index (χ1v) is 6.12. The van der Waals surface area contributed by atoms with E-state index in [-0.39, 0.29) is 6.61 Å². The zero-order valence-corrected chi connectivity index (χ0v) is 10.5. The molecule has 0 aromatic heterocycles. The van der Waals surface area contributed by atoms with Crippen LogP contribution in [0, 0.1) is 11.8 Å². The maximum atomic E-state index is 9.32. The smallest absolute Gasteiger partial charge is 0.0599 e. The van der Waals surface area contributed by atoms with Gasteiger partial charge >= 0.3 is 0 Å². The lowest BCUT2D eigenvalue weighted by Crippen LogP contribution is -2.59. The number of piperazine rings is 1. The monoisotopic (exact) mass is 214 g/mol. The topological polar surface area (TPSA) is 35.5 Å². The molecule has 15 heavy (non-hydrogen) atoms. The molecule has 1 aliphatic heterocycles. The lowest BCUT2D eigenvalue weighted by molar-refractivity contribution is 0.0615. The van der Waals surface area contributed by atoms with Crippen LogP contribution in [0.5, 0.6) is 0 Å². The van der Waals surface area contributed by atoms with Crippen molar-refractivity contribution in [3.63, 3.8) is 0 Å². The molecule has 2 N–H and O–H groups in total. The highest BCUT2D eigenvalue weighted by Gasteiger charge is 2.28. The first-order chi connectivity index (χ1) is 7.04. The summed E-state index contributed by atoms with van der Waals surface area (Å²) in [7, 11) is 0. The third kappa shape index (κ3) is 3.74. The molecule has 3 nitrogen and oxygen atoms in total. The van der Waals surface area contributed by atoms with E-state index < -0.39 is 0 Å². The number of aliphatic hydroxyl groups excluding tert-OH is 1. The Labute approximate surface area is 93.9 Å². The standard InChI is InChI=1S/C12H26N2O/c1-9(2)6-14-7-12(10(3)4)13-5-11(14)8-15/h9-13,15H,5-8H2,1-4H3. The molecule has 1 rings (SSSR count). The molecule has 3 heteroatoms. The molecule has 0 radical (unpaired) electrons. The summed E-state index contributed by atoms with van der Waals surface area (Å²) in [5.41, 5.74) is 0. The Morgan fingerprint density at radius 2 is 2.00 bits per heavy atom.